The molecule has 0 aromatic carbocycles. The Morgan fingerprint density at radius 1 is 1.11 bits per heavy atom. The van der Waals surface area contributed by atoms with Gasteiger partial charge in [0.05, 0.1) is 39.1 Å². The first-order valence-electron chi connectivity index (χ1n) is 8.42. The van der Waals surface area contributed by atoms with E-state index in [0.717, 1.165) is 0 Å². The van der Waals surface area contributed by atoms with Crippen molar-refractivity contribution in [1.82, 2.24) is 0 Å². The van der Waals surface area contributed by atoms with Gasteiger partial charge in [0.25, 0.3) is 0 Å². The molecule has 0 aliphatic carbocycles. The van der Waals surface area contributed by atoms with Gasteiger partial charge in [-0.25, -0.2) is 9.59 Å². The average molecular weight is 412 g/mol. The van der Waals surface area contributed by atoms with Gasteiger partial charge in [0.15, 0.2) is 12.2 Å². The van der Waals surface area contributed by atoms with E-state index in [1.165, 1.54) is 6.92 Å². The minimum atomic E-state index is -3.86. The summed E-state index contributed by atoms with van der Waals surface area (Å²) in [5.74, 6) is 0. The molecule has 28 heavy (non-hydrogen) atoms. The molecule has 2 saturated heterocycles. The summed E-state index contributed by atoms with van der Waals surface area (Å²) >= 11 is 0. The van der Waals surface area contributed by atoms with E-state index in [9.17, 15) is 18.4 Å². The molecule has 0 bridgehead atoms. The Labute approximate surface area is 159 Å². The van der Waals surface area contributed by atoms with Crippen molar-refractivity contribution in [1.29, 1.82) is 0 Å². The minimum Gasteiger partial charge on any atom is -0.430 e. The summed E-state index contributed by atoms with van der Waals surface area (Å²) in [5.41, 5.74) is 0.237. The first kappa shape index (κ1) is 22.3. The number of cyclic esters (lactones) is 4. The van der Waals surface area contributed by atoms with Crippen molar-refractivity contribution >= 4 is 12.3 Å². The third-order valence-electron chi connectivity index (χ3n) is 3.35. The predicted octanol–water partition coefficient (Wildman–Crippen LogP) is 1.62. The van der Waals surface area contributed by atoms with Crippen LogP contribution in [0, 0.1) is 0 Å². The second-order valence-electron chi connectivity index (χ2n) is 6.08. The van der Waals surface area contributed by atoms with Crippen LogP contribution in [0.25, 0.3) is 0 Å². The summed E-state index contributed by atoms with van der Waals surface area (Å²) < 4.78 is 65.2. The fraction of sp³-hybridized carbons (Fsp3) is 0.750. The predicted molar refractivity (Wildman–Crippen MR) is 84.7 cm³/mol. The van der Waals surface area contributed by atoms with Gasteiger partial charge in [0.1, 0.15) is 13.2 Å². The van der Waals surface area contributed by atoms with E-state index in [-0.39, 0.29) is 45.2 Å². The van der Waals surface area contributed by atoms with Crippen LogP contribution in [0.2, 0.25) is 0 Å². The third-order valence-corrected chi connectivity index (χ3v) is 3.35. The molecule has 10 nitrogen and oxygen atoms in total. The largest absolute Gasteiger partial charge is 0.508 e. The van der Waals surface area contributed by atoms with Crippen molar-refractivity contribution in [3.05, 3.63) is 12.2 Å². The van der Waals surface area contributed by atoms with Crippen LogP contribution in [0.3, 0.4) is 0 Å². The van der Waals surface area contributed by atoms with Crippen LogP contribution in [0.4, 0.5) is 18.4 Å². The smallest absolute Gasteiger partial charge is 0.430 e. The quantitative estimate of drug-likeness (QED) is 0.251. The lowest BCUT2D eigenvalue weighted by atomic mass is 10.3. The summed E-state index contributed by atoms with van der Waals surface area (Å²) in [6.45, 7) is 4.37. The molecule has 2 heterocycles. The number of carbonyl (C=O) groups excluding carboxylic acids is 2. The normalized spacial score (nSPS) is 23.0. The van der Waals surface area contributed by atoms with Crippen LogP contribution < -0.4 is 0 Å². The fourth-order valence-electron chi connectivity index (χ4n) is 2.12. The lowest BCUT2D eigenvalue weighted by molar-refractivity contribution is -0.404. The molecule has 160 valence electrons. The first-order valence-corrected chi connectivity index (χ1v) is 8.42. The van der Waals surface area contributed by atoms with Crippen LogP contribution in [0.1, 0.15) is 6.92 Å². The summed E-state index contributed by atoms with van der Waals surface area (Å²) in [6, 6.07) is 0. The zero-order valence-corrected chi connectivity index (χ0v) is 15.2. The molecule has 0 aromatic rings. The standard InChI is InChI=1S/C16H22F2O10/c1-10(3-21-6-12-8-23-14(19)26-12)4-25-16(17,18)28-11(2)5-22-7-13-9-24-15(20)27-13/h11-13H,1,3-9H2,2H3. The van der Waals surface area contributed by atoms with Crippen LogP contribution in [-0.2, 0) is 37.9 Å². The molecule has 0 spiro atoms. The molecule has 2 aliphatic heterocycles. The van der Waals surface area contributed by atoms with E-state index >= 15 is 0 Å². The van der Waals surface area contributed by atoms with E-state index in [1.807, 2.05) is 0 Å². The Balaban J connectivity index is 1.53. The van der Waals surface area contributed by atoms with Gasteiger partial charge in [-0.05, 0) is 12.5 Å². The van der Waals surface area contributed by atoms with E-state index in [4.69, 9.17) is 18.9 Å². The molecule has 0 N–H and O–H groups in total. The van der Waals surface area contributed by atoms with Crippen molar-refractivity contribution in [3.63, 3.8) is 0 Å². The molecule has 12 heteroatoms. The lowest BCUT2D eigenvalue weighted by Crippen LogP contribution is -2.33. The van der Waals surface area contributed by atoms with Crippen LogP contribution in [0.15, 0.2) is 12.2 Å². The number of hydrogen-bond acceptors (Lipinski definition) is 10. The second kappa shape index (κ2) is 10.5. The number of alkyl halides is 2. The molecular formula is C16H22F2O10. The van der Waals surface area contributed by atoms with E-state index in [2.05, 4.69) is 25.5 Å². The van der Waals surface area contributed by atoms with Gasteiger partial charge in [-0.2, -0.15) is 0 Å². The highest BCUT2D eigenvalue weighted by Crippen LogP contribution is 2.21. The van der Waals surface area contributed by atoms with Gasteiger partial charge in [0, 0.05) is 0 Å². The maximum atomic E-state index is 13.7. The van der Waals surface area contributed by atoms with Crippen molar-refractivity contribution in [2.24, 2.45) is 0 Å². The fourth-order valence-corrected chi connectivity index (χ4v) is 2.12. The topological polar surface area (TPSA) is 108 Å². The van der Waals surface area contributed by atoms with Crippen molar-refractivity contribution < 1.29 is 56.3 Å². The van der Waals surface area contributed by atoms with Crippen molar-refractivity contribution in [3.8, 4) is 0 Å². The first-order chi connectivity index (χ1) is 13.2. The Kier molecular flexibility index (Phi) is 8.35. The molecule has 2 rings (SSSR count). The summed E-state index contributed by atoms with van der Waals surface area (Å²) in [4.78, 5) is 21.5. The summed E-state index contributed by atoms with van der Waals surface area (Å²) in [7, 11) is 0. The maximum Gasteiger partial charge on any atom is 0.508 e. The van der Waals surface area contributed by atoms with E-state index in [1.54, 1.807) is 0 Å². The zero-order chi connectivity index (χ0) is 20.6. The lowest BCUT2D eigenvalue weighted by Gasteiger charge is -2.22. The maximum absolute atomic E-state index is 13.7. The molecule has 0 radical (unpaired) electrons. The van der Waals surface area contributed by atoms with Crippen LogP contribution in [0.5, 0.6) is 0 Å². The monoisotopic (exact) mass is 412 g/mol. The van der Waals surface area contributed by atoms with Gasteiger partial charge in [-0.15, -0.1) is 8.78 Å². The molecule has 2 fully saturated rings. The molecule has 3 atom stereocenters. The Morgan fingerprint density at radius 2 is 1.68 bits per heavy atom. The highest BCUT2D eigenvalue weighted by atomic mass is 19.3. The highest BCUT2D eigenvalue weighted by molar-refractivity contribution is 5.62. The third kappa shape index (κ3) is 8.33. The zero-order valence-electron chi connectivity index (χ0n) is 15.2. The van der Waals surface area contributed by atoms with E-state index in [0.29, 0.717) is 0 Å². The number of rotatable bonds is 13. The van der Waals surface area contributed by atoms with Gasteiger partial charge in [0.2, 0.25) is 0 Å². The van der Waals surface area contributed by atoms with Gasteiger partial charge >= 0.3 is 18.6 Å². The Hall–Kier alpha value is -2.02. The molecule has 0 aromatic heterocycles. The summed E-state index contributed by atoms with van der Waals surface area (Å²) in [6.07, 6.45) is -7.52. The van der Waals surface area contributed by atoms with Crippen molar-refractivity contribution in [2.45, 2.75) is 31.5 Å². The minimum absolute atomic E-state index is 0.00135. The van der Waals surface area contributed by atoms with Crippen molar-refractivity contribution in [2.75, 3.05) is 46.2 Å². The highest BCUT2D eigenvalue weighted by Gasteiger charge is 2.35. The summed E-state index contributed by atoms with van der Waals surface area (Å²) in [5, 5.41) is 0. The van der Waals surface area contributed by atoms with Crippen LogP contribution >= 0.6 is 0 Å². The second-order valence-corrected chi connectivity index (χ2v) is 6.08. The Morgan fingerprint density at radius 3 is 2.21 bits per heavy atom. The number of hydrogen-bond donors (Lipinski definition) is 0. The molecule has 2 aliphatic rings. The molecule has 3 unspecified atom stereocenters. The van der Waals surface area contributed by atoms with E-state index < -0.39 is 43.5 Å². The number of ether oxygens (including phenoxy) is 8. The number of carbonyl (C=O) groups is 2. The molecule has 0 amide bonds. The van der Waals surface area contributed by atoms with Gasteiger partial charge < -0.3 is 28.4 Å². The SMILES string of the molecule is C=C(COCC1COC(=O)O1)COC(F)(F)OC(C)COCC1COC(=O)O1. The van der Waals surface area contributed by atoms with Crippen LogP contribution in [-0.4, -0.2) is 83.2 Å². The van der Waals surface area contributed by atoms with Gasteiger partial charge in [-0.1, -0.05) is 6.58 Å². The van der Waals surface area contributed by atoms with Gasteiger partial charge in [-0.3, -0.25) is 9.47 Å². The average Bonchev–Trinajstić information content (AvgIpc) is 3.21. The molecular weight excluding hydrogens is 390 g/mol. The molecule has 0 saturated carbocycles. The number of halogens is 2. The Bertz CT molecular complexity index is 556.